The first-order valence-corrected chi connectivity index (χ1v) is 9.23. The number of nitrogens with one attached hydrogen (secondary N) is 2. The van der Waals surface area contributed by atoms with Crippen molar-refractivity contribution in [3.05, 3.63) is 96.1 Å². The van der Waals surface area contributed by atoms with Crippen LogP contribution in [-0.2, 0) is 6.61 Å². The Hall–Kier alpha value is -3.93. The van der Waals surface area contributed by atoms with Gasteiger partial charge in [0.05, 0.1) is 5.69 Å². The van der Waals surface area contributed by atoms with Gasteiger partial charge in [-0.2, -0.15) is 0 Å². The number of nitrogens with zero attached hydrogens (tertiary/aromatic N) is 2. The molecule has 0 radical (unpaired) electrons. The zero-order valence-corrected chi connectivity index (χ0v) is 15.9. The first kappa shape index (κ1) is 18.4. The number of pyridine rings is 1. The molecule has 2 aromatic carbocycles. The summed E-state index contributed by atoms with van der Waals surface area (Å²) in [6.07, 6.45) is 5.21. The van der Waals surface area contributed by atoms with Crippen LogP contribution in [0, 0.1) is 6.92 Å². The molecule has 6 nitrogen and oxygen atoms in total. The SMILES string of the molecule is Cc1ccc(NC(=O)c2ccc(OCc3ccccn3)cc2)cc1-c1ncc[nH]1. The summed E-state index contributed by atoms with van der Waals surface area (Å²) in [5.74, 6) is 1.27. The number of rotatable bonds is 6. The lowest BCUT2D eigenvalue weighted by molar-refractivity contribution is 0.102. The van der Waals surface area contributed by atoms with Crippen molar-refractivity contribution < 1.29 is 9.53 Å². The Kier molecular flexibility index (Phi) is 5.33. The molecule has 0 spiro atoms. The van der Waals surface area contributed by atoms with E-state index in [9.17, 15) is 4.79 Å². The molecule has 2 N–H and O–H groups in total. The molecule has 0 fully saturated rings. The van der Waals surface area contributed by atoms with Crippen molar-refractivity contribution in [1.29, 1.82) is 0 Å². The molecule has 4 rings (SSSR count). The Morgan fingerprint density at radius 3 is 2.62 bits per heavy atom. The van der Waals surface area contributed by atoms with Gasteiger partial charge in [0.2, 0.25) is 0 Å². The molecule has 4 aromatic rings. The molecule has 0 atom stereocenters. The molecule has 0 aliphatic rings. The third kappa shape index (κ3) is 4.50. The van der Waals surface area contributed by atoms with Crippen molar-refractivity contribution in [2.75, 3.05) is 5.32 Å². The van der Waals surface area contributed by atoms with Gasteiger partial charge in [-0.3, -0.25) is 9.78 Å². The minimum atomic E-state index is -0.185. The summed E-state index contributed by atoms with van der Waals surface area (Å²) in [7, 11) is 0. The highest BCUT2D eigenvalue weighted by molar-refractivity contribution is 6.04. The monoisotopic (exact) mass is 384 g/mol. The summed E-state index contributed by atoms with van der Waals surface area (Å²) in [6.45, 7) is 2.39. The molecular formula is C23H20N4O2. The van der Waals surface area contributed by atoms with Crippen molar-refractivity contribution in [3.8, 4) is 17.1 Å². The summed E-state index contributed by atoms with van der Waals surface area (Å²) in [4.78, 5) is 24.2. The Bertz CT molecular complexity index is 1090. The van der Waals surface area contributed by atoms with E-state index in [4.69, 9.17) is 4.74 Å². The third-order valence-electron chi connectivity index (χ3n) is 4.48. The van der Waals surface area contributed by atoms with Crippen LogP contribution in [0.15, 0.2) is 79.3 Å². The van der Waals surface area contributed by atoms with Crippen LogP contribution in [0.25, 0.3) is 11.4 Å². The van der Waals surface area contributed by atoms with Gasteiger partial charge in [0.15, 0.2) is 0 Å². The smallest absolute Gasteiger partial charge is 0.255 e. The van der Waals surface area contributed by atoms with Crippen LogP contribution < -0.4 is 10.1 Å². The molecule has 0 aliphatic carbocycles. The molecule has 0 bridgehead atoms. The predicted molar refractivity (Wildman–Crippen MR) is 112 cm³/mol. The van der Waals surface area contributed by atoms with E-state index in [1.54, 1.807) is 42.9 Å². The van der Waals surface area contributed by atoms with Gasteiger partial charge in [0, 0.05) is 35.4 Å². The molecule has 0 unspecified atom stereocenters. The quantitative estimate of drug-likeness (QED) is 0.509. The minimum Gasteiger partial charge on any atom is -0.487 e. The zero-order chi connectivity index (χ0) is 20.1. The first-order valence-electron chi connectivity index (χ1n) is 9.23. The number of ether oxygens (including phenoxy) is 1. The summed E-state index contributed by atoms with van der Waals surface area (Å²) in [6, 6.07) is 18.5. The van der Waals surface area contributed by atoms with E-state index in [0.717, 1.165) is 22.6 Å². The zero-order valence-electron chi connectivity index (χ0n) is 15.9. The van der Waals surface area contributed by atoms with Crippen LogP contribution in [0.2, 0.25) is 0 Å². The topological polar surface area (TPSA) is 79.9 Å². The lowest BCUT2D eigenvalue weighted by Gasteiger charge is -2.10. The van der Waals surface area contributed by atoms with Gasteiger partial charge in [-0.15, -0.1) is 0 Å². The summed E-state index contributed by atoms with van der Waals surface area (Å²) < 4.78 is 5.71. The largest absolute Gasteiger partial charge is 0.487 e. The highest BCUT2D eigenvalue weighted by Gasteiger charge is 2.10. The number of aromatic nitrogens is 3. The number of aryl methyl sites for hydroxylation is 1. The fourth-order valence-electron chi connectivity index (χ4n) is 2.91. The number of carbonyl (C=O) groups excluding carboxylic acids is 1. The van der Waals surface area contributed by atoms with E-state index in [0.29, 0.717) is 23.6 Å². The normalized spacial score (nSPS) is 10.5. The first-order chi connectivity index (χ1) is 14.2. The Balaban J connectivity index is 1.42. The van der Waals surface area contributed by atoms with Crippen molar-refractivity contribution in [2.24, 2.45) is 0 Å². The Labute approximate surface area is 168 Å². The molecule has 0 aliphatic heterocycles. The lowest BCUT2D eigenvalue weighted by atomic mass is 10.1. The fourth-order valence-corrected chi connectivity index (χ4v) is 2.91. The maximum absolute atomic E-state index is 12.6. The number of amides is 1. The molecule has 0 saturated heterocycles. The second kappa shape index (κ2) is 8.39. The van der Waals surface area contributed by atoms with Gasteiger partial charge >= 0.3 is 0 Å². The van der Waals surface area contributed by atoms with Gasteiger partial charge in [-0.05, 0) is 61.0 Å². The maximum atomic E-state index is 12.6. The van der Waals surface area contributed by atoms with E-state index in [2.05, 4.69) is 20.3 Å². The summed E-state index contributed by atoms with van der Waals surface area (Å²) in [5, 5.41) is 2.93. The van der Waals surface area contributed by atoms with Crippen LogP contribution in [0.4, 0.5) is 5.69 Å². The number of aromatic amines is 1. The highest BCUT2D eigenvalue weighted by atomic mass is 16.5. The van der Waals surface area contributed by atoms with Gasteiger partial charge in [0.1, 0.15) is 18.2 Å². The average Bonchev–Trinajstić information content (AvgIpc) is 3.29. The fraction of sp³-hybridized carbons (Fsp3) is 0.0870. The van der Waals surface area contributed by atoms with Crippen LogP contribution in [0.1, 0.15) is 21.6 Å². The van der Waals surface area contributed by atoms with E-state index in [-0.39, 0.29) is 5.91 Å². The number of carbonyl (C=O) groups is 1. The lowest BCUT2D eigenvalue weighted by Crippen LogP contribution is -2.12. The number of anilines is 1. The number of benzene rings is 2. The van der Waals surface area contributed by atoms with Gasteiger partial charge in [0.25, 0.3) is 5.91 Å². The van der Waals surface area contributed by atoms with E-state index in [1.807, 2.05) is 43.3 Å². The van der Waals surface area contributed by atoms with Gasteiger partial charge in [-0.25, -0.2) is 4.98 Å². The van der Waals surface area contributed by atoms with Crippen LogP contribution in [-0.4, -0.2) is 20.9 Å². The molecule has 2 aromatic heterocycles. The summed E-state index contributed by atoms with van der Waals surface area (Å²) >= 11 is 0. The van der Waals surface area contributed by atoms with Crippen LogP contribution in [0.5, 0.6) is 5.75 Å². The number of hydrogen-bond acceptors (Lipinski definition) is 4. The standard InChI is InChI=1S/C23H20N4O2/c1-16-5-8-18(14-21(16)22-25-12-13-26-22)27-23(28)17-6-9-20(10-7-17)29-15-19-4-2-3-11-24-19/h2-14H,15H2,1H3,(H,25,26)(H,27,28). The van der Waals surface area contributed by atoms with Crippen LogP contribution >= 0.6 is 0 Å². The average molecular weight is 384 g/mol. The molecular weight excluding hydrogens is 364 g/mol. The summed E-state index contributed by atoms with van der Waals surface area (Å²) in [5.41, 5.74) is 4.14. The molecule has 0 saturated carbocycles. The van der Waals surface area contributed by atoms with Crippen molar-refractivity contribution in [3.63, 3.8) is 0 Å². The molecule has 144 valence electrons. The number of hydrogen-bond donors (Lipinski definition) is 2. The number of H-pyrrole nitrogens is 1. The van der Waals surface area contributed by atoms with E-state index in [1.165, 1.54) is 0 Å². The van der Waals surface area contributed by atoms with Gasteiger partial charge < -0.3 is 15.0 Å². The van der Waals surface area contributed by atoms with Crippen molar-refractivity contribution >= 4 is 11.6 Å². The molecule has 1 amide bonds. The third-order valence-corrected chi connectivity index (χ3v) is 4.48. The molecule has 2 heterocycles. The minimum absolute atomic E-state index is 0.185. The van der Waals surface area contributed by atoms with Crippen molar-refractivity contribution in [2.45, 2.75) is 13.5 Å². The second-order valence-corrected chi connectivity index (χ2v) is 6.56. The highest BCUT2D eigenvalue weighted by Crippen LogP contribution is 2.24. The second-order valence-electron chi connectivity index (χ2n) is 6.56. The van der Waals surface area contributed by atoms with Crippen LogP contribution in [0.3, 0.4) is 0 Å². The number of imidazole rings is 1. The molecule has 29 heavy (non-hydrogen) atoms. The Morgan fingerprint density at radius 2 is 1.90 bits per heavy atom. The maximum Gasteiger partial charge on any atom is 0.255 e. The Morgan fingerprint density at radius 1 is 1.03 bits per heavy atom. The van der Waals surface area contributed by atoms with E-state index >= 15 is 0 Å². The van der Waals surface area contributed by atoms with E-state index < -0.39 is 0 Å². The van der Waals surface area contributed by atoms with Gasteiger partial charge in [-0.1, -0.05) is 12.1 Å². The van der Waals surface area contributed by atoms with Crippen molar-refractivity contribution in [1.82, 2.24) is 15.0 Å². The predicted octanol–water partition coefficient (Wildman–Crippen LogP) is 4.61. The molecule has 6 heteroatoms.